The Morgan fingerprint density at radius 1 is 1.05 bits per heavy atom. The fourth-order valence-electron chi connectivity index (χ4n) is 2.17. The molecule has 0 aromatic heterocycles. The summed E-state index contributed by atoms with van der Waals surface area (Å²) in [5.41, 5.74) is 3.53. The maximum atomic E-state index is 5.61. The van der Waals surface area contributed by atoms with Crippen molar-refractivity contribution in [1.82, 2.24) is 4.90 Å². The summed E-state index contributed by atoms with van der Waals surface area (Å²) in [4.78, 5) is 2.21. The Morgan fingerprint density at radius 2 is 1.67 bits per heavy atom. The molecule has 0 aliphatic carbocycles. The molecule has 0 saturated heterocycles. The normalized spacial score (nSPS) is 10.5. The minimum absolute atomic E-state index is 0.342. The lowest BCUT2D eigenvalue weighted by atomic mass is 10.2. The SMILES string of the molecule is Cc1ccccc1NC(=S)N(Cc1ccccc1)C(C)C. The number of anilines is 1. The first kappa shape index (κ1) is 15.5. The highest BCUT2D eigenvalue weighted by Gasteiger charge is 2.14. The zero-order chi connectivity index (χ0) is 15.2. The van der Waals surface area contributed by atoms with Gasteiger partial charge in [-0.15, -0.1) is 0 Å². The van der Waals surface area contributed by atoms with Crippen molar-refractivity contribution in [3.63, 3.8) is 0 Å². The van der Waals surface area contributed by atoms with E-state index >= 15 is 0 Å². The average Bonchev–Trinajstić information content (AvgIpc) is 2.48. The van der Waals surface area contributed by atoms with Gasteiger partial charge in [0.25, 0.3) is 0 Å². The predicted octanol–water partition coefficient (Wildman–Crippen LogP) is 4.60. The van der Waals surface area contributed by atoms with Crippen molar-refractivity contribution < 1.29 is 0 Å². The van der Waals surface area contributed by atoms with Gasteiger partial charge in [-0.1, -0.05) is 48.5 Å². The van der Waals surface area contributed by atoms with Crippen LogP contribution in [-0.4, -0.2) is 16.1 Å². The molecule has 0 bridgehead atoms. The molecule has 1 N–H and O–H groups in total. The van der Waals surface area contributed by atoms with Crippen molar-refractivity contribution in [2.24, 2.45) is 0 Å². The lowest BCUT2D eigenvalue weighted by molar-refractivity contribution is 0.348. The number of rotatable bonds is 4. The molecule has 0 atom stereocenters. The van der Waals surface area contributed by atoms with Gasteiger partial charge in [0.05, 0.1) is 0 Å². The Hall–Kier alpha value is -1.87. The second-order valence-corrected chi connectivity index (χ2v) is 5.84. The van der Waals surface area contributed by atoms with Gasteiger partial charge in [-0.05, 0) is 50.2 Å². The lowest BCUT2D eigenvalue weighted by Crippen LogP contribution is -2.39. The van der Waals surface area contributed by atoms with Crippen LogP contribution in [0.3, 0.4) is 0 Å². The van der Waals surface area contributed by atoms with E-state index in [-0.39, 0.29) is 0 Å². The molecular weight excluding hydrogens is 276 g/mol. The Labute approximate surface area is 132 Å². The van der Waals surface area contributed by atoms with Crippen molar-refractivity contribution in [2.45, 2.75) is 33.4 Å². The third kappa shape index (κ3) is 4.30. The van der Waals surface area contributed by atoms with E-state index in [1.165, 1.54) is 11.1 Å². The summed E-state index contributed by atoms with van der Waals surface area (Å²) in [7, 11) is 0. The van der Waals surface area contributed by atoms with E-state index in [0.29, 0.717) is 6.04 Å². The van der Waals surface area contributed by atoms with E-state index in [2.05, 4.69) is 67.4 Å². The number of hydrogen-bond donors (Lipinski definition) is 1. The van der Waals surface area contributed by atoms with Crippen LogP contribution in [0.4, 0.5) is 5.69 Å². The third-order valence-electron chi connectivity index (χ3n) is 3.47. The number of benzene rings is 2. The summed E-state index contributed by atoms with van der Waals surface area (Å²) in [6, 6.07) is 19.0. The van der Waals surface area contributed by atoms with E-state index in [0.717, 1.165) is 17.3 Å². The average molecular weight is 298 g/mol. The van der Waals surface area contributed by atoms with Gasteiger partial charge in [-0.25, -0.2) is 0 Å². The van der Waals surface area contributed by atoms with Gasteiger partial charge >= 0.3 is 0 Å². The molecule has 0 radical (unpaired) electrons. The predicted molar refractivity (Wildman–Crippen MR) is 94.5 cm³/mol. The highest BCUT2D eigenvalue weighted by Crippen LogP contribution is 2.16. The quantitative estimate of drug-likeness (QED) is 0.830. The number of thiocarbonyl (C=S) groups is 1. The number of para-hydroxylation sites is 1. The molecule has 3 heteroatoms. The number of nitrogens with zero attached hydrogens (tertiary/aromatic N) is 1. The van der Waals surface area contributed by atoms with Crippen LogP contribution < -0.4 is 5.32 Å². The highest BCUT2D eigenvalue weighted by molar-refractivity contribution is 7.80. The Balaban J connectivity index is 2.11. The van der Waals surface area contributed by atoms with Crippen LogP contribution >= 0.6 is 12.2 Å². The van der Waals surface area contributed by atoms with Gasteiger partial charge in [0.15, 0.2) is 5.11 Å². The van der Waals surface area contributed by atoms with Crippen LogP contribution in [0.1, 0.15) is 25.0 Å². The molecule has 0 saturated carbocycles. The topological polar surface area (TPSA) is 15.3 Å². The van der Waals surface area contributed by atoms with Crippen LogP contribution in [0.25, 0.3) is 0 Å². The Morgan fingerprint density at radius 3 is 2.29 bits per heavy atom. The summed E-state index contributed by atoms with van der Waals surface area (Å²) >= 11 is 5.61. The first-order chi connectivity index (χ1) is 10.1. The molecule has 0 spiro atoms. The van der Waals surface area contributed by atoms with Gasteiger partial charge in [-0.2, -0.15) is 0 Å². The van der Waals surface area contributed by atoms with Crippen molar-refractivity contribution in [1.29, 1.82) is 0 Å². The van der Waals surface area contributed by atoms with E-state index in [4.69, 9.17) is 12.2 Å². The molecule has 0 aliphatic heterocycles. The monoisotopic (exact) mass is 298 g/mol. The van der Waals surface area contributed by atoms with Gasteiger partial charge in [0.2, 0.25) is 0 Å². The molecule has 0 heterocycles. The standard InChI is InChI=1S/C18H22N2S/c1-14(2)20(13-16-10-5-4-6-11-16)18(21)19-17-12-8-7-9-15(17)3/h4-12,14H,13H2,1-3H3,(H,19,21). The number of aryl methyl sites for hydroxylation is 1. The summed E-state index contributed by atoms with van der Waals surface area (Å²) in [5.74, 6) is 0. The Kier molecular flexibility index (Phi) is 5.34. The highest BCUT2D eigenvalue weighted by atomic mass is 32.1. The molecule has 0 aliphatic rings. The van der Waals surface area contributed by atoms with Gasteiger partial charge in [0.1, 0.15) is 0 Å². The van der Waals surface area contributed by atoms with Gasteiger partial charge in [-0.3, -0.25) is 0 Å². The van der Waals surface area contributed by atoms with Crippen LogP contribution in [0, 0.1) is 6.92 Å². The second kappa shape index (κ2) is 7.23. The van der Waals surface area contributed by atoms with E-state index in [1.54, 1.807) is 0 Å². The smallest absolute Gasteiger partial charge is 0.173 e. The molecule has 2 nitrogen and oxygen atoms in total. The summed E-state index contributed by atoms with van der Waals surface area (Å²) < 4.78 is 0. The van der Waals surface area contributed by atoms with Crippen LogP contribution in [0.2, 0.25) is 0 Å². The summed E-state index contributed by atoms with van der Waals surface area (Å²) in [5, 5.41) is 4.14. The molecule has 0 fully saturated rings. The maximum absolute atomic E-state index is 5.61. The number of hydrogen-bond acceptors (Lipinski definition) is 1. The van der Waals surface area contributed by atoms with E-state index in [1.807, 2.05) is 18.2 Å². The zero-order valence-electron chi connectivity index (χ0n) is 12.8. The van der Waals surface area contributed by atoms with Crippen LogP contribution in [0.15, 0.2) is 54.6 Å². The first-order valence-corrected chi connectivity index (χ1v) is 7.66. The largest absolute Gasteiger partial charge is 0.342 e. The molecule has 0 unspecified atom stereocenters. The van der Waals surface area contributed by atoms with Crippen molar-refractivity contribution in [3.05, 3.63) is 65.7 Å². The minimum Gasteiger partial charge on any atom is -0.342 e. The fourth-order valence-corrected chi connectivity index (χ4v) is 2.55. The van der Waals surface area contributed by atoms with Gasteiger partial charge in [0, 0.05) is 18.3 Å². The first-order valence-electron chi connectivity index (χ1n) is 7.25. The maximum Gasteiger partial charge on any atom is 0.173 e. The molecule has 2 aromatic carbocycles. The summed E-state index contributed by atoms with van der Waals surface area (Å²) in [6.07, 6.45) is 0. The van der Waals surface area contributed by atoms with Crippen molar-refractivity contribution in [2.75, 3.05) is 5.32 Å². The van der Waals surface area contributed by atoms with Crippen LogP contribution in [-0.2, 0) is 6.54 Å². The second-order valence-electron chi connectivity index (χ2n) is 5.45. The molecule has 21 heavy (non-hydrogen) atoms. The van der Waals surface area contributed by atoms with E-state index in [9.17, 15) is 0 Å². The van der Waals surface area contributed by atoms with E-state index < -0.39 is 0 Å². The lowest BCUT2D eigenvalue weighted by Gasteiger charge is -2.30. The third-order valence-corrected chi connectivity index (χ3v) is 3.80. The van der Waals surface area contributed by atoms with Crippen molar-refractivity contribution >= 4 is 23.0 Å². The molecular formula is C18H22N2S. The zero-order valence-corrected chi connectivity index (χ0v) is 13.7. The van der Waals surface area contributed by atoms with Gasteiger partial charge < -0.3 is 10.2 Å². The molecule has 0 amide bonds. The minimum atomic E-state index is 0.342. The molecule has 110 valence electrons. The fraction of sp³-hybridized carbons (Fsp3) is 0.278. The summed E-state index contributed by atoms with van der Waals surface area (Å²) in [6.45, 7) is 7.22. The van der Waals surface area contributed by atoms with Crippen molar-refractivity contribution in [3.8, 4) is 0 Å². The molecule has 2 aromatic rings. The van der Waals surface area contributed by atoms with Crippen LogP contribution in [0.5, 0.6) is 0 Å². The molecule has 2 rings (SSSR count). The Bertz CT molecular complexity index is 593. The number of nitrogens with one attached hydrogen (secondary N) is 1.